The molecule has 284 valence electrons. The Labute approximate surface area is 317 Å². The van der Waals surface area contributed by atoms with Gasteiger partial charge in [0.15, 0.2) is 0 Å². The Hall–Kier alpha value is -4.81. The van der Waals surface area contributed by atoms with E-state index in [4.69, 9.17) is 16.3 Å². The van der Waals surface area contributed by atoms with Crippen molar-refractivity contribution in [1.82, 2.24) is 14.8 Å². The van der Waals surface area contributed by atoms with Crippen molar-refractivity contribution in [2.24, 2.45) is 18.9 Å². The third-order valence-electron chi connectivity index (χ3n) is 11.2. The molecule has 13 heteroatoms. The standard InChI is InChI=1S/C41H44ClF2N5O5/c1-47-22-32(30-20-27(43)3-5-29(30)41(47)53)26-18-34(44)31(38(19-26)54-2)17-24-9-13-48(14-10-24)23-37(50)25-11-15-49(16-12-25)36-7-4-28(21-33(36)42)45-35-6-8-39(51)46-40(35)52/h3-5,7,18-22,24-25,35,45H,6,8-17,23H2,1-2H3,(H,46,51,52). The Morgan fingerprint density at radius 1 is 0.944 bits per heavy atom. The van der Waals surface area contributed by atoms with E-state index >= 15 is 4.39 Å². The van der Waals surface area contributed by atoms with Crippen molar-refractivity contribution in [2.45, 2.75) is 51.0 Å². The number of halogens is 3. The Kier molecular flexibility index (Phi) is 11.0. The Morgan fingerprint density at radius 2 is 1.70 bits per heavy atom. The van der Waals surface area contributed by atoms with Gasteiger partial charge in [-0.1, -0.05) is 11.6 Å². The van der Waals surface area contributed by atoms with Crippen LogP contribution in [0.1, 0.15) is 44.1 Å². The van der Waals surface area contributed by atoms with E-state index in [0.29, 0.717) is 82.8 Å². The molecule has 0 spiro atoms. The zero-order valence-corrected chi connectivity index (χ0v) is 31.2. The predicted octanol–water partition coefficient (Wildman–Crippen LogP) is 6.10. The minimum Gasteiger partial charge on any atom is -0.496 e. The van der Waals surface area contributed by atoms with Gasteiger partial charge in [0.1, 0.15) is 29.2 Å². The minimum atomic E-state index is -0.488. The van der Waals surface area contributed by atoms with Crippen LogP contribution in [-0.2, 0) is 27.9 Å². The van der Waals surface area contributed by atoms with Gasteiger partial charge < -0.3 is 19.5 Å². The summed E-state index contributed by atoms with van der Waals surface area (Å²) < 4.78 is 37.1. The first kappa shape index (κ1) is 37.5. The zero-order valence-electron chi connectivity index (χ0n) is 30.4. The summed E-state index contributed by atoms with van der Waals surface area (Å²) in [6, 6.07) is 12.3. The van der Waals surface area contributed by atoms with Crippen LogP contribution in [0.4, 0.5) is 20.2 Å². The molecule has 0 bridgehead atoms. The number of aryl methyl sites for hydroxylation is 1. The summed E-state index contributed by atoms with van der Waals surface area (Å²) in [5.41, 5.74) is 2.86. The molecule has 3 fully saturated rings. The summed E-state index contributed by atoms with van der Waals surface area (Å²) in [5, 5.41) is 6.84. The van der Waals surface area contributed by atoms with E-state index in [1.807, 2.05) is 12.1 Å². The highest BCUT2D eigenvalue weighted by molar-refractivity contribution is 6.33. The fourth-order valence-electron chi connectivity index (χ4n) is 8.13. The van der Waals surface area contributed by atoms with Crippen molar-refractivity contribution in [3.63, 3.8) is 0 Å². The van der Waals surface area contributed by atoms with Gasteiger partial charge in [-0.3, -0.25) is 29.4 Å². The Balaban J connectivity index is 0.910. The minimum absolute atomic E-state index is 0.0243. The molecule has 1 unspecified atom stereocenters. The van der Waals surface area contributed by atoms with Crippen molar-refractivity contribution >= 4 is 51.3 Å². The van der Waals surface area contributed by atoms with Crippen LogP contribution < -0.4 is 25.8 Å². The van der Waals surface area contributed by atoms with Gasteiger partial charge in [-0.25, -0.2) is 8.78 Å². The fraction of sp³-hybridized carbons (Fsp3) is 0.415. The average molecular weight is 760 g/mol. The lowest BCUT2D eigenvalue weighted by molar-refractivity contribution is -0.133. The number of nitrogens with zero attached hydrogens (tertiary/aromatic N) is 3. The van der Waals surface area contributed by atoms with Gasteiger partial charge in [-0.05, 0) is 117 Å². The molecule has 0 saturated carbocycles. The van der Waals surface area contributed by atoms with Crippen LogP contribution in [0.25, 0.3) is 21.9 Å². The van der Waals surface area contributed by atoms with Gasteiger partial charge >= 0.3 is 0 Å². The average Bonchev–Trinajstić information content (AvgIpc) is 3.15. The molecule has 4 aromatic rings. The predicted molar refractivity (Wildman–Crippen MR) is 205 cm³/mol. The van der Waals surface area contributed by atoms with Gasteiger partial charge in [-0.15, -0.1) is 0 Å². The maximum Gasteiger partial charge on any atom is 0.258 e. The maximum atomic E-state index is 15.8. The quantitative estimate of drug-likeness (QED) is 0.187. The summed E-state index contributed by atoms with van der Waals surface area (Å²) in [6.45, 7) is 3.32. The molecule has 1 aromatic heterocycles. The van der Waals surface area contributed by atoms with E-state index in [9.17, 15) is 23.6 Å². The third kappa shape index (κ3) is 8.00. The van der Waals surface area contributed by atoms with Crippen LogP contribution in [0.5, 0.6) is 5.75 Å². The molecule has 2 amide bonds. The summed E-state index contributed by atoms with van der Waals surface area (Å²) in [5.74, 6) is -0.634. The molecular formula is C41H44ClF2N5O5. The number of fused-ring (bicyclic) bond motifs is 1. The van der Waals surface area contributed by atoms with Crippen LogP contribution >= 0.6 is 11.6 Å². The summed E-state index contributed by atoms with van der Waals surface area (Å²) in [7, 11) is 3.12. The number of amides is 2. The topological polar surface area (TPSA) is 113 Å². The van der Waals surface area contributed by atoms with Gasteiger partial charge in [0.25, 0.3) is 5.56 Å². The van der Waals surface area contributed by atoms with Crippen molar-refractivity contribution in [2.75, 3.05) is 50.1 Å². The van der Waals surface area contributed by atoms with Crippen molar-refractivity contribution < 1.29 is 27.9 Å². The number of imide groups is 1. The zero-order chi connectivity index (χ0) is 38.1. The number of hydrogen-bond acceptors (Lipinski definition) is 8. The number of methoxy groups -OCH3 is 1. The number of ether oxygens (including phenoxy) is 1. The van der Waals surface area contributed by atoms with Gasteiger partial charge in [0, 0.05) is 60.9 Å². The molecule has 7 rings (SSSR count). The second kappa shape index (κ2) is 15.9. The van der Waals surface area contributed by atoms with Crippen molar-refractivity contribution in [3.8, 4) is 16.9 Å². The number of aromatic nitrogens is 1. The lowest BCUT2D eigenvalue weighted by Crippen LogP contribution is -2.47. The van der Waals surface area contributed by atoms with Gasteiger partial charge in [0.2, 0.25) is 11.8 Å². The summed E-state index contributed by atoms with van der Waals surface area (Å²) in [6.07, 6.45) is 5.94. The fourth-order valence-corrected chi connectivity index (χ4v) is 8.43. The molecule has 2 N–H and O–H groups in total. The summed E-state index contributed by atoms with van der Waals surface area (Å²) >= 11 is 6.66. The summed E-state index contributed by atoms with van der Waals surface area (Å²) in [4.78, 5) is 54.1. The van der Waals surface area contributed by atoms with E-state index in [2.05, 4.69) is 20.4 Å². The Bertz CT molecular complexity index is 2160. The van der Waals surface area contributed by atoms with Crippen LogP contribution in [0.2, 0.25) is 5.02 Å². The number of likely N-dealkylation sites (tertiary alicyclic amines) is 1. The van der Waals surface area contributed by atoms with E-state index in [1.54, 1.807) is 25.4 Å². The second-order valence-electron chi connectivity index (χ2n) is 14.8. The lowest BCUT2D eigenvalue weighted by atomic mass is 9.87. The molecule has 0 radical (unpaired) electrons. The monoisotopic (exact) mass is 759 g/mol. The molecular weight excluding hydrogens is 716 g/mol. The molecule has 3 aromatic carbocycles. The number of anilines is 2. The van der Waals surface area contributed by atoms with E-state index < -0.39 is 17.7 Å². The number of rotatable bonds is 10. The lowest BCUT2D eigenvalue weighted by Gasteiger charge is -2.36. The number of pyridine rings is 1. The first-order valence-electron chi connectivity index (χ1n) is 18.5. The van der Waals surface area contributed by atoms with Crippen LogP contribution in [0, 0.1) is 23.5 Å². The molecule has 0 aliphatic carbocycles. The third-order valence-corrected chi connectivity index (χ3v) is 11.5. The van der Waals surface area contributed by atoms with E-state index in [-0.39, 0.29) is 35.0 Å². The first-order valence-corrected chi connectivity index (χ1v) is 18.9. The first-order chi connectivity index (χ1) is 26.0. The number of hydrogen-bond donors (Lipinski definition) is 2. The van der Waals surface area contributed by atoms with E-state index in [1.165, 1.54) is 35.9 Å². The SMILES string of the molecule is COc1cc(-c2cn(C)c(=O)c3ccc(F)cc23)cc(F)c1CC1CCN(CC(=O)C2CCN(c3ccc(NC4CCC(=O)NC4=O)cc3Cl)CC2)CC1. The van der Waals surface area contributed by atoms with Crippen molar-refractivity contribution in [3.05, 3.63) is 87.3 Å². The number of Topliss-reactive ketones (excluding diaryl/α,β-unsaturated/α-hetero) is 1. The molecule has 54 heavy (non-hydrogen) atoms. The van der Waals surface area contributed by atoms with Gasteiger partial charge in [-0.2, -0.15) is 0 Å². The Morgan fingerprint density at radius 3 is 2.41 bits per heavy atom. The number of carbonyl (C=O) groups is 3. The molecule has 1 atom stereocenters. The number of ketones is 1. The molecule has 3 saturated heterocycles. The van der Waals surface area contributed by atoms with Crippen molar-refractivity contribution in [1.29, 1.82) is 0 Å². The smallest absolute Gasteiger partial charge is 0.258 e. The molecule has 3 aliphatic rings. The van der Waals surface area contributed by atoms with Crippen LogP contribution in [-0.4, -0.2) is 72.9 Å². The molecule has 4 heterocycles. The highest BCUT2D eigenvalue weighted by Gasteiger charge is 2.30. The second-order valence-corrected chi connectivity index (χ2v) is 15.2. The van der Waals surface area contributed by atoms with Crippen LogP contribution in [0.15, 0.2) is 59.5 Å². The number of nitrogens with one attached hydrogen (secondary N) is 2. The van der Waals surface area contributed by atoms with Crippen LogP contribution in [0.3, 0.4) is 0 Å². The largest absolute Gasteiger partial charge is 0.496 e. The highest BCUT2D eigenvalue weighted by Crippen LogP contribution is 2.37. The highest BCUT2D eigenvalue weighted by atomic mass is 35.5. The number of carbonyl (C=O) groups excluding carboxylic acids is 3. The van der Waals surface area contributed by atoms with Gasteiger partial charge in [0.05, 0.1) is 24.4 Å². The van der Waals surface area contributed by atoms with E-state index in [0.717, 1.165) is 44.5 Å². The molecule has 3 aliphatic heterocycles. The number of benzene rings is 3. The molecule has 10 nitrogen and oxygen atoms in total. The maximum absolute atomic E-state index is 15.8. The normalized spacial score (nSPS) is 18.9. The number of piperidine rings is 3.